The minimum atomic E-state index is -0.281. The highest BCUT2D eigenvalue weighted by Gasteiger charge is 2.16. The topological polar surface area (TPSA) is 73.5 Å². The van der Waals surface area contributed by atoms with Crippen molar-refractivity contribution in [1.82, 2.24) is 30.0 Å². The number of nitrogens with zero attached hydrogens (tertiary/aromatic N) is 4. The number of aromatic nitrogens is 5. The van der Waals surface area contributed by atoms with E-state index in [0.717, 1.165) is 50.0 Å². The van der Waals surface area contributed by atoms with Crippen LogP contribution < -0.4 is 0 Å². The van der Waals surface area contributed by atoms with Gasteiger partial charge in [-0.2, -0.15) is 5.10 Å². The Bertz CT molecular complexity index is 1620. The summed E-state index contributed by atoms with van der Waals surface area (Å²) in [5.74, 6) is 0.348. The molecule has 5 rings (SSSR count). The molecule has 0 saturated carbocycles. The molecule has 0 aliphatic carbocycles. The molecule has 3 aromatic heterocycles. The van der Waals surface area contributed by atoms with Gasteiger partial charge in [0.15, 0.2) is 5.82 Å². The maximum atomic E-state index is 13.9. The number of para-hydroxylation sites is 1. The Balaban J connectivity index is 1.62. The summed E-state index contributed by atoms with van der Waals surface area (Å²) in [6.45, 7) is 5.89. The maximum Gasteiger partial charge on any atom is 0.159 e. The molecule has 174 valence electrons. The number of likely N-dealkylation sites (N-methyl/N-ethyl adjacent to an activating group) is 1. The Morgan fingerprint density at radius 3 is 2.66 bits per heavy atom. The molecule has 3 heterocycles. The molecule has 35 heavy (non-hydrogen) atoms. The summed E-state index contributed by atoms with van der Waals surface area (Å²) in [7, 11) is 3.95. The summed E-state index contributed by atoms with van der Waals surface area (Å²) in [5, 5.41) is 8.49. The van der Waals surface area contributed by atoms with E-state index in [9.17, 15) is 4.39 Å². The summed E-state index contributed by atoms with van der Waals surface area (Å²) in [5.41, 5.74) is 7.52. The van der Waals surface area contributed by atoms with Crippen molar-refractivity contribution in [2.75, 3.05) is 14.1 Å². The molecule has 7 heteroatoms. The lowest BCUT2D eigenvalue weighted by atomic mass is 10.0. The standard InChI is InChI=1S/C28H25FN6/c1-5-17(14-20(6-2)35(3)4)24-15-22-25(16-30-24)33-34-27(22)28-31-23-12-8-11-21(26(23)32-28)18-9-7-10-19(29)13-18/h5-16H,2H2,1,3-4H3,(H,31,32)(H,33,34)/b17-5+,20-14+. The van der Waals surface area contributed by atoms with Crippen LogP contribution in [0.3, 0.4) is 0 Å². The number of aromatic amines is 2. The van der Waals surface area contributed by atoms with Crippen molar-refractivity contribution < 1.29 is 4.39 Å². The molecule has 0 spiro atoms. The van der Waals surface area contributed by atoms with Crippen molar-refractivity contribution >= 4 is 27.5 Å². The number of rotatable bonds is 6. The van der Waals surface area contributed by atoms with E-state index in [0.29, 0.717) is 11.5 Å². The predicted molar refractivity (Wildman–Crippen MR) is 140 cm³/mol. The van der Waals surface area contributed by atoms with Gasteiger partial charge in [-0.05, 0) is 54.5 Å². The van der Waals surface area contributed by atoms with E-state index in [-0.39, 0.29) is 5.82 Å². The molecule has 0 unspecified atom stereocenters. The first-order valence-electron chi connectivity index (χ1n) is 11.3. The highest BCUT2D eigenvalue weighted by molar-refractivity contribution is 5.97. The quantitative estimate of drug-likeness (QED) is 0.288. The number of H-pyrrole nitrogens is 2. The molecule has 0 fully saturated rings. The molecule has 0 saturated heterocycles. The third kappa shape index (κ3) is 4.12. The fourth-order valence-corrected chi connectivity index (χ4v) is 4.12. The first kappa shape index (κ1) is 22.3. The number of pyridine rings is 1. The van der Waals surface area contributed by atoms with Gasteiger partial charge in [0, 0.05) is 30.7 Å². The van der Waals surface area contributed by atoms with Crippen molar-refractivity contribution in [2.24, 2.45) is 0 Å². The number of nitrogens with one attached hydrogen (secondary N) is 2. The van der Waals surface area contributed by atoms with Crippen molar-refractivity contribution in [3.63, 3.8) is 0 Å². The van der Waals surface area contributed by atoms with Gasteiger partial charge in [0.1, 0.15) is 11.5 Å². The van der Waals surface area contributed by atoms with Crippen LogP contribution in [0.4, 0.5) is 4.39 Å². The zero-order valence-corrected chi connectivity index (χ0v) is 19.8. The molecular weight excluding hydrogens is 439 g/mol. The van der Waals surface area contributed by atoms with E-state index < -0.39 is 0 Å². The SMILES string of the molecule is C=C/C(=C\C(=C/C)c1cc2c(-c3nc4c(-c5cccc(F)c5)cccc4[nH]3)n[nH]c2cn1)N(C)C. The molecule has 2 N–H and O–H groups in total. The fraction of sp³-hybridized carbons (Fsp3) is 0.107. The molecule has 0 radical (unpaired) electrons. The van der Waals surface area contributed by atoms with Gasteiger partial charge in [-0.15, -0.1) is 0 Å². The molecule has 2 aromatic carbocycles. The average Bonchev–Trinajstić information content (AvgIpc) is 3.48. The lowest BCUT2D eigenvalue weighted by molar-refractivity contribution is 0.530. The van der Waals surface area contributed by atoms with Gasteiger partial charge in [-0.25, -0.2) is 9.37 Å². The van der Waals surface area contributed by atoms with Crippen LogP contribution >= 0.6 is 0 Å². The predicted octanol–water partition coefficient (Wildman–Crippen LogP) is 6.34. The number of hydrogen-bond acceptors (Lipinski definition) is 4. The molecule has 6 nitrogen and oxygen atoms in total. The van der Waals surface area contributed by atoms with E-state index >= 15 is 0 Å². The highest BCUT2D eigenvalue weighted by Crippen LogP contribution is 2.32. The van der Waals surface area contributed by atoms with Gasteiger partial charge >= 0.3 is 0 Å². The molecule has 0 bridgehead atoms. The number of imidazole rings is 1. The van der Waals surface area contributed by atoms with Gasteiger partial charge in [0.2, 0.25) is 0 Å². The first-order chi connectivity index (χ1) is 17.0. The van der Waals surface area contributed by atoms with Crippen molar-refractivity contribution in [1.29, 1.82) is 0 Å². The third-order valence-electron chi connectivity index (χ3n) is 5.96. The minimum absolute atomic E-state index is 0.281. The molecule has 5 aromatic rings. The summed E-state index contributed by atoms with van der Waals surface area (Å²) >= 11 is 0. The van der Waals surface area contributed by atoms with E-state index in [1.165, 1.54) is 12.1 Å². The average molecular weight is 465 g/mol. The fourth-order valence-electron chi connectivity index (χ4n) is 4.12. The second kappa shape index (κ2) is 9.02. The number of fused-ring (bicyclic) bond motifs is 2. The largest absolute Gasteiger partial charge is 0.378 e. The molecule has 0 aliphatic rings. The van der Waals surface area contributed by atoms with Gasteiger partial charge in [0.05, 0.1) is 28.4 Å². The molecule has 0 aliphatic heterocycles. The van der Waals surface area contributed by atoms with E-state index in [1.54, 1.807) is 12.3 Å². The zero-order chi connectivity index (χ0) is 24.5. The van der Waals surface area contributed by atoms with Gasteiger partial charge < -0.3 is 9.88 Å². The van der Waals surface area contributed by atoms with Crippen LogP contribution in [0.25, 0.3) is 50.2 Å². The van der Waals surface area contributed by atoms with Crippen LogP contribution in [-0.2, 0) is 0 Å². The van der Waals surface area contributed by atoms with Crippen LogP contribution in [-0.4, -0.2) is 44.1 Å². The Hall–Kier alpha value is -4.52. The van der Waals surface area contributed by atoms with Crippen LogP contribution in [0.5, 0.6) is 0 Å². The Labute approximate surface area is 202 Å². The van der Waals surface area contributed by atoms with E-state index in [1.807, 2.05) is 74.5 Å². The smallest absolute Gasteiger partial charge is 0.159 e. The summed E-state index contributed by atoms with van der Waals surface area (Å²) in [4.78, 5) is 14.9. The van der Waals surface area contributed by atoms with Crippen molar-refractivity contribution in [2.45, 2.75) is 6.92 Å². The number of benzene rings is 2. The molecule has 0 atom stereocenters. The maximum absolute atomic E-state index is 13.9. The van der Waals surface area contributed by atoms with Crippen LogP contribution in [0.2, 0.25) is 0 Å². The Morgan fingerprint density at radius 1 is 1.09 bits per heavy atom. The minimum Gasteiger partial charge on any atom is -0.378 e. The van der Waals surface area contributed by atoms with Gasteiger partial charge in [-0.1, -0.05) is 36.9 Å². The Morgan fingerprint density at radius 2 is 1.91 bits per heavy atom. The van der Waals surface area contributed by atoms with Gasteiger partial charge in [-0.3, -0.25) is 10.1 Å². The summed E-state index contributed by atoms with van der Waals surface area (Å²) < 4.78 is 13.9. The van der Waals surface area contributed by atoms with Crippen LogP contribution in [0.15, 0.2) is 85.2 Å². The second-order valence-electron chi connectivity index (χ2n) is 8.40. The monoisotopic (exact) mass is 464 g/mol. The van der Waals surface area contributed by atoms with Crippen LogP contribution in [0.1, 0.15) is 12.6 Å². The van der Waals surface area contributed by atoms with Crippen LogP contribution in [0, 0.1) is 5.82 Å². The lowest BCUT2D eigenvalue weighted by Crippen LogP contribution is -2.09. The van der Waals surface area contributed by atoms with Crippen molar-refractivity contribution in [3.8, 4) is 22.6 Å². The lowest BCUT2D eigenvalue weighted by Gasteiger charge is -2.14. The van der Waals surface area contributed by atoms with Gasteiger partial charge in [0.25, 0.3) is 0 Å². The number of hydrogen-bond donors (Lipinski definition) is 2. The molecular formula is C28H25FN6. The first-order valence-corrected chi connectivity index (χ1v) is 11.3. The highest BCUT2D eigenvalue weighted by atomic mass is 19.1. The summed E-state index contributed by atoms with van der Waals surface area (Å²) in [6.07, 6.45) is 7.67. The number of allylic oxidation sites excluding steroid dienone is 4. The van der Waals surface area contributed by atoms with E-state index in [4.69, 9.17) is 4.98 Å². The van der Waals surface area contributed by atoms with Crippen molar-refractivity contribution in [3.05, 3.63) is 96.7 Å². The second-order valence-corrected chi connectivity index (χ2v) is 8.40. The summed E-state index contributed by atoms with van der Waals surface area (Å²) in [6, 6.07) is 14.4. The third-order valence-corrected chi connectivity index (χ3v) is 5.96. The normalized spacial score (nSPS) is 12.5. The number of halogens is 1. The Kier molecular flexibility index (Phi) is 5.74. The molecule has 0 amide bonds. The zero-order valence-electron chi connectivity index (χ0n) is 19.8. The van der Waals surface area contributed by atoms with E-state index in [2.05, 4.69) is 26.7 Å².